The van der Waals surface area contributed by atoms with Crippen molar-refractivity contribution in [1.29, 1.82) is 0 Å². The van der Waals surface area contributed by atoms with Gasteiger partial charge in [-0.15, -0.1) is 11.3 Å². The minimum atomic E-state index is 0.0605. The van der Waals surface area contributed by atoms with Crippen molar-refractivity contribution in [2.24, 2.45) is 0 Å². The summed E-state index contributed by atoms with van der Waals surface area (Å²) in [6, 6.07) is 22.2. The largest absolute Gasteiger partial charge is 0.486 e. The van der Waals surface area contributed by atoms with Crippen molar-refractivity contribution < 1.29 is 9.53 Å². The number of benzene rings is 3. The van der Waals surface area contributed by atoms with Gasteiger partial charge in [0, 0.05) is 26.8 Å². The molecule has 0 atom stereocenters. The van der Waals surface area contributed by atoms with Crippen LogP contribution in [0.25, 0.3) is 10.8 Å². The first-order chi connectivity index (χ1) is 15.2. The lowest BCUT2D eigenvalue weighted by Crippen LogP contribution is -2.32. The van der Waals surface area contributed by atoms with Crippen LogP contribution in [0.4, 0.5) is 0 Å². The Morgan fingerprint density at radius 2 is 1.90 bits per heavy atom. The molecule has 5 rings (SSSR count). The molecule has 0 spiro atoms. The van der Waals surface area contributed by atoms with Gasteiger partial charge in [-0.05, 0) is 42.5 Å². The normalized spacial score (nSPS) is 13.3. The Morgan fingerprint density at radius 3 is 2.74 bits per heavy atom. The number of fused-ring (bicyclic) bond motifs is 1. The SMILES string of the molecule is O=C(c1cccc(Br)c1)N(Cc1csc(COc2cccc3ccccc23)n1)C1CC1. The summed E-state index contributed by atoms with van der Waals surface area (Å²) >= 11 is 5.04. The summed E-state index contributed by atoms with van der Waals surface area (Å²) in [7, 11) is 0. The molecule has 0 radical (unpaired) electrons. The number of rotatable bonds is 7. The van der Waals surface area contributed by atoms with Crippen LogP contribution in [0.15, 0.2) is 76.6 Å². The van der Waals surface area contributed by atoms with E-state index in [-0.39, 0.29) is 5.91 Å². The lowest BCUT2D eigenvalue weighted by atomic mass is 10.1. The Morgan fingerprint density at radius 1 is 1.10 bits per heavy atom. The monoisotopic (exact) mass is 492 g/mol. The van der Waals surface area contributed by atoms with Gasteiger partial charge in [-0.3, -0.25) is 4.79 Å². The summed E-state index contributed by atoms with van der Waals surface area (Å²) in [6.07, 6.45) is 2.11. The zero-order chi connectivity index (χ0) is 21.2. The molecule has 0 N–H and O–H groups in total. The summed E-state index contributed by atoms with van der Waals surface area (Å²) in [5, 5.41) is 5.20. The lowest BCUT2D eigenvalue weighted by Gasteiger charge is -2.21. The molecule has 0 unspecified atom stereocenters. The van der Waals surface area contributed by atoms with E-state index >= 15 is 0 Å². The molecule has 1 fully saturated rings. The molecular formula is C25H21BrN2O2S. The summed E-state index contributed by atoms with van der Waals surface area (Å²) < 4.78 is 6.99. The smallest absolute Gasteiger partial charge is 0.254 e. The molecule has 31 heavy (non-hydrogen) atoms. The van der Waals surface area contributed by atoms with Crippen molar-refractivity contribution >= 4 is 43.9 Å². The highest BCUT2D eigenvalue weighted by molar-refractivity contribution is 9.10. The van der Waals surface area contributed by atoms with Gasteiger partial charge in [0.1, 0.15) is 17.4 Å². The molecule has 4 aromatic rings. The molecule has 4 nitrogen and oxygen atoms in total. The van der Waals surface area contributed by atoms with Gasteiger partial charge in [0.25, 0.3) is 5.91 Å². The molecule has 1 heterocycles. The first-order valence-corrected chi connectivity index (χ1v) is 11.9. The number of halogens is 1. The van der Waals surface area contributed by atoms with E-state index in [0.717, 1.165) is 44.5 Å². The number of nitrogens with zero attached hydrogens (tertiary/aromatic N) is 2. The molecule has 1 amide bonds. The molecule has 1 aliphatic rings. The third-order valence-electron chi connectivity index (χ3n) is 5.35. The van der Waals surface area contributed by atoms with Gasteiger partial charge in [-0.25, -0.2) is 4.98 Å². The van der Waals surface area contributed by atoms with Crippen LogP contribution in [0, 0.1) is 0 Å². The Balaban J connectivity index is 1.28. The van der Waals surface area contributed by atoms with E-state index in [2.05, 4.69) is 34.1 Å². The van der Waals surface area contributed by atoms with Gasteiger partial charge in [-0.1, -0.05) is 58.4 Å². The number of carbonyl (C=O) groups excluding carboxylic acids is 1. The minimum absolute atomic E-state index is 0.0605. The molecule has 1 aliphatic carbocycles. The molecule has 1 saturated carbocycles. The second-order valence-corrected chi connectivity index (χ2v) is 9.53. The number of aromatic nitrogens is 1. The summed E-state index contributed by atoms with van der Waals surface area (Å²) in [6.45, 7) is 0.947. The van der Waals surface area contributed by atoms with Gasteiger partial charge in [0.05, 0.1) is 12.2 Å². The van der Waals surface area contributed by atoms with Crippen molar-refractivity contribution in [3.05, 3.63) is 92.8 Å². The fourth-order valence-corrected chi connectivity index (χ4v) is 4.76. The minimum Gasteiger partial charge on any atom is -0.486 e. The molecule has 156 valence electrons. The van der Waals surface area contributed by atoms with Gasteiger partial charge < -0.3 is 9.64 Å². The molecule has 1 aromatic heterocycles. The van der Waals surface area contributed by atoms with Crippen LogP contribution in [-0.4, -0.2) is 21.8 Å². The van der Waals surface area contributed by atoms with Crippen molar-refractivity contribution in [2.45, 2.75) is 32.0 Å². The van der Waals surface area contributed by atoms with Crippen LogP contribution in [0.5, 0.6) is 5.75 Å². The van der Waals surface area contributed by atoms with Crippen molar-refractivity contribution in [3.8, 4) is 5.75 Å². The van der Waals surface area contributed by atoms with E-state index < -0.39 is 0 Å². The Bertz CT molecular complexity index is 1230. The van der Waals surface area contributed by atoms with Crippen LogP contribution in [0.1, 0.15) is 33.9 Å². The fourth-order valence-electron chi connectivity index (χ4n) is 3.66. The van der Waals surface area contributed by atoms with Gasteiger partial charge in [0.15, 0.2) is 0 Å². The highest BCUT2D eigenvalue weighted by Crippen LogP contribution is 2.31. The molecule has 0 saturated heterocycles. The fraction of sp³-hybridized carbons (Fsp3) is 0.200. The predicted octanol–water partition coefficient (Wildman–Crippen LogP) is 6.44. The maximum Gasteiger partial charge on any atom is 0.254 e. The summed E-state index contributed by atoms with van der Waals surface area (Å²) in [4.78, 5) is 19.8. The standard InChI is InChI=1S/C25H21BrN2O2S/c26-19-8-3-7-18(13-19)25(29)28(21-11-12-21)14-20-16-31-24(27-20)15-30-23-10-4-6-17-5-1-2-9-22(17)23/h1-10,13,16,21H,11-12,14-15H2. The molecule has 0 aliphatic heterocycles. The highest BCUT2D eigenvalue weighted by atomic mass is 79.9. The second-order valence-electron chi connectivity index (χ2n) is 7.67. The first-order valence-electron chi connectivity index (χ1n) is 10.3. The van der Waals surface area contributed by atoms with E-state index in [4.69, 9.17) is 9.72 Å². The predicted molar refractivity (Wildman–Crippen MR) is 127 cm³/mol. The number of carbonyl (C=O) groups is 1. The van der Waals surface area contributed by atoms with Gasteiger partial charge >= 0.3 is 0 Å². The highest BCUT2D eigenvalue weighted by Gasteiger charge is 2.33. The number of ether oxygens (including phenoxy) is 1. The topological polar surface area (TPSA) is 42.4 Å². The second kappa shape index (κ2) is 8.81. The Kier molecular flexibility index (Phi) is 5.74. The van der Waals surface area contributed by atoms with Crippen LogP contribution < -0.4 is 4.74 Å². The number of amides is 1. The maximum absolute atomic E-state index is 13.1. The zero-order valence-electron chi connectivity index (χ0n) is 16.8. The molecule has 0 bridgehead atoms. The van der Waals surface area contributed by atoms with E-state index in [0.29, 0.717) is 24.8 Å². The number of hydrogen-bond donors (Lipinski definition) is 0. The van der Waals surface area contributed by atoms with E-state index in [1.807, 2.05) is 58.8 Å². The Hall–Kier alpha value is -2.70. The first kappa shape index (κ1) is 20.2. The average molecular weight is 493 g/mol. The lowest BCUT2D eigenvalue weighted by molar-refractivity contribution is 0.0728. The van der Waals surface area contributed by atoms with E-state index in [1.165, 1.54) is 0 Å². The van der Waals surface area contributed by atoms with Crippen LogP contribution in [-0.2, 0) is 13.2 Å². The molecule has 6 heteroatoms. The van der Waals surface area contributed by atoms with E-state index in [9.17, 15) is 4.79 Å². The van der Waals surface area contributed by atoms with Crippen molar-refractivity contribution in [1.82, 2.24) is 9.88 Å². The Labute approximate surface area is 193 Å². The van der Waals surface area contributed by atoms with Crippen LogP contribution in [0.3, 0.4) is 0 Å². The number of thiazole rings is 1. The third-order valence-corrected chi connectivity index (χ3v) is 6.72. The summed E-state index contributed by atoms with van der Waals surface area (Å²) in [5.41, 5.74) is 1.62. The third kappa shape index (κ3) is 4.65. The molecule has 3 aromatic carbocycles. The molecular weight excluding hydrogens is 472 g/mol. The van der Waals surface area contributed by atoms with E-state index in [1.54, 1.807) is 11.3 Å². The van der Waals surface area contributed by atoms with Gasteiger partial charge in [-0.2, -0.15) is 0 Å². The van der Waals surface area contributed by atoms with Gasteiger partial charge in [0.2, 0.25) is 0 Å². The average Bonchev–Trinajstić information content (AvgIpc) is 3.54. The maximum atomic E-state index is 13.1. The van der Waals surface area contributed by atoms with Crippen molar-refractivity contribution in [3.63, 3.8) is 0 Å². The van der Waals surface area contributed by atoms with Crippen LogP contribution in [0.2, 0.25) is 0 Å². The van der Waals surface area contributed by atoms with Crippen molar-refractivity contribution in [2.75, 3.05) is 0 Å². The quantitative estimate of drug-likeness (QED) is 0.298. The zero-order valence-corrected chi connectivity index (χ0v) is 19.2. The summed E-state index contributed by atoms with van der Waals surface area (Å²) in [5.74, 6) is 0.921. The number of hydrogen-bond acceptors (Lipinski definition) is 4. The van der Waals surface area contributed by atoms with Crippen LogP contribution >= 0.6 is 27.3 Å².